The fourth-order valence-electron chi connectivity index (χ4n) is 1.58. The maximum absolute atomic E-state index is 11.7. The summed E-state index contributed by atoms with van der Waals surface area (Å²) in [5.41, 5.74) is 7.78. The molecule has 0 saturated carbocycles. The number of rotatable bonds is 3. The van der Waals surface area contributed by atoms with Crippen LogP contribution in [0.15, 0.2) is 54.6 Å². The molecule has 0 aliphatic carbocycles. The lowest BCUT2D eigenvalue weighted by molar-refractivity contribution is -0.111. The summed E-state index contributed by atoms with van der Waals surface area (Å²) < 4.78 is 0. The van der Waals surface area contributed by atoms with Crippen molar-refractivity contribution in [3.05, 3.63) is 65.2 Å². The van der Waals surface area contributed by atoms with Crippen LogP contribution in [0.25, 0.3) is 6.08 Å². The van der Waals surface area contributed by atoms with Gasteiger partial charge in [-0.1, -0.05) is 29.8 Å². The highest BCUT2D eigenvalue weighted by atomic mass is 35.5. The van der Waals surface area contributed by atoms with E-state index in [4.69, 9.17) is 17.3 Å². The van der Waals surface area contributed by atoms with Gasteiger partial charge in [0, 0.05) is 22.5 Å². The van der Waals surface area contributed by atoms with Crippen molar-refractivity contribution in [3.8, 4) is 0 Å². The first-order chi connectivity index (χ1) is 9.13. The number of nitrogens with one attached hydrogen (secondary N) is 1. The number of nitrogen functional groups attached to an aromatic ring is 1. The molecule has 3 N–H and O–H groups in total. The van der Waals surface area contributed by atoms with Crippen LogP contribution in [0.3, 0.4) is 0 Å². The molecule has 0 fully saturated rings. The minimum Gasteiger partial charge on any atom is -0.399 e. The molecule has 0 radical (unpaired) electrons. The Morgan fingerprint density at radius 2 is 1.95 bits per heavy atom. The summed E-state index contributed by atoms with van der Waals surface area (Å²) in [6.07, 6.45) is 3.16. The number of anilines is 2. The maximum Gasteiger partial charge on any atom is 0.248 e. The highest BCUT2D eigenvalue weighted by Crippen LogP contribution is 2.13. The van der Waals surface area contributed by atoms with Crippen LogP contribution in [0.1, 0.15) is 5.56 Å². The largest absolute Gasteiger partial charge is 0.399 e. The standard InChI is InChI=1S/C15H13ClN2O/c16-12-4-1-3-11(9-12)7-8-15(19)18-14-6-2-5-13(17)10-14/h1-10H,17H2,(H,18,19)/b8-7+. The molecule has 0 aliphatic heterocycles. The van der Waals surface area contributed by atoms with Gasteiger partial charge in [0.15, 0.2) is 0 Å². The molecule has 0 heterocycles. The predicted molar refractivity (Wildman–Crippen MR) is 80.0 cm³/mol. The van der Waals surface area contributed by atoms with E-state index in [2.05, 4.69) is 5.32 Å². The minimum atomic E-state index is -0.217. The highest BCUT2D eigenvalue weighted by Gasteiger charge is 1.98. The van der Waals surface area contributed by atoms with E-state index >= 15 is 0 Å². The minimum absolute atomic E-state index is 0.217. The van der Waals surface area contributed by atoms with Crippen molar-refractivity contribution in [3.63, 3.8) is 0 Å². The fraction of sp³-hybridized carbons (Fsp3) is 0. The van der Waals surface area contributed by atoms with Crippen molar-refractivity contribution in [2.24, 2.45) is 0 Å². The topological polar surface area (TPSA) is 55.1 Å². The highest BCUT2D eigenvalue weighted by molar-refractivity contribution is 6.30. The summed E-state index contributed by atoms with van der Waals surface area (Å²) in [6, 6.07) is 14.3. The van der Waals surface area contributed by atoms with Crippen LogP contribution in [-0.4, -0.2) is 5.91 Å². The van der Waals surface area contributed by atoms with Crippen molar-refractivity contribution in [2.75, 3.05) is 11.1 Å². The van der Waals surface area contributed by atoms with Gasteiger partial charge in [-0.15, -0.1) is 0 Å². The molecule has 2 aromatic rings. The van der Waals surface area contributed by atoms with Crippen molar-refractivity contribution in [2.45, 2.75) is 0 Å². The van der Waals surface area contributed by atoms with Crippen LogP contribution in [0, 0.1) is 0 Å². The van der Waals surface area contributed by atoms with Crippen LogP contribution in [0.4, 0.5) is 11.4 Å². The van der Waals surface area contributed by atoms with Gasteiger partial charge in [-0.05, 0) is 42.0 Å². The monoisotopic (exact) mass is 272 g/mol. The third kappa shape index (κ3) is 4.16. The van der Waals surface area contributed by atoms with Gasteiger partial charge in [0.05, 0.1) is 0 Å². The molecule has 96 valence electrons. The van der Waals surface area contributed by atoms with Gasteiger partial charge < -0.3 is 11.1 Å². The van der Waals surface area contributed by atoms with Crippen molar-refractivity contribution < 1.29 is 4.79 Å². The zero-order valence-corrected chi connectivity index (χ0v) is 10.9. The number of hydrogen-bond acceptors (Lipinski definition) is 2. The molecule has 1 amide bonds. The number of benzene rings is 2. The number of halogens is 1. The van der Waals surface area contributed by atoms with Gasteiger partial charge in [0.25, 0.3) is 0 Å². The van der Waals surface area contributed by atoms with Crippen LogP contribution >= 0.6 is 11.6 Å². The molecular formula is C15H13ClN2O. The van der Waals surface area contributed by atoms with E-state index in [1.165, 1.54) is 6.08 Å². The number of hydrogen-bond donors (Lipinski definition) is 2. The molecule has 2 aromatic carbocycles. The molecule has 2 rings (SSSR count). The third-order valence-corrected chi connectivity index (χ3v) is 2.67. The van der Waals surface area contributed by atoms with Gasteiger partial charge >= 0.3 is 0 Å². The fourth-order valence-corrected chi connectivity index (χ4v) is 1.78. The zero-order valence-electron chi connectivity index (χ0n) is 10.1. The summed E-state index contributed by atoms with van der Waals surface area (Å²) in [5.74, 6) is -0.217. The summed E-state index contributed by atoms with van der Waals surface area (Å²) >= 11 is 5.86. The Morgan fingerprint density at radius 3 is 2.68 bits per heavy atom. The van der Waals surface area contributed by atoms with Crippen molar-refractivity contribution in [1.29, 1.82) is 0 Å². The van der Waals surface area contributed by atoms with E-state index in [0.717, 1.165) is 5.56 Å². The van der Waals surface area contributed by atoms with Gasteiger partial charge in [0.2, 0.25) is 5.91 Å². The molecule has 0 spiro atoms. The first-order valence-electron chi connectivity index (χ1n) is 5.74. The predicted octanol–water partition coefficient (Wildman–Crippen LogP) is 3.57. The van der Waals surface area contributed by atoms with E-state index in [0.29, 0.717) is 16.4 Å². The van der Waals surface area contributed by atoms with E-state index in [1.807, 2.05) is 12.1 Å². The lowest BCUT2D eigenvalue weighted by Crippen LogP contribution is -2.07. The average molecular weight is 273 g/mol. The molecule has 0 atom stereocenters. The second-order valence-corrected chi connectivity index (χ2v) is 4.44. The molecule has 4 heteroatoms. The van der Waals surface area contributed by atoms with Gasteiger partial charge in [-0.25, -0.2) is 0 Å². The van der Waals surface area contributed by atoms with E-state index in [1.54, 1.807) is 42.5 Å². The van der Waals surface area contributed by atoms with Crippen molar-refractivity contribution in [1.82, 2.24) is 0 Å². The van der Waals surface area contributed by atoms with E-state index in [9.17, 15) is 4.79 Å². The van der Waals surface area contributed by atoms with Crippen LogP contribution in [0.2, 0.25) is 5.02 Å². The smallest absolute Gasteiger partial charge is 0.248 e. The first-order valence-corrected chi connectivity index (χ1v) is 6.11. The lowest BCUT2D eigenvalue weighted by Gasteiger charge is -2.02. The molecule has 0 aliphatic rings. The number of carbonyl (C=O) groups excluding carboxylic acids is 1. The van der Waals surface area contributed by atoms with E-state index in [-0.39, 0.29) is 5.91 Å². The number of amides is 1. The summed E-state index contributed by atoms with van der Waals surface area (Å²) in [4.78, 5) is 11.7. The van der Waals surface area contributed by atoms with Crippen LogP contribution in [0.5, 0.6) is 0 Å². The second-order valence-electron chi connectivity index (χ2n) is 4.00. The maximum atomic E-state index is 11.7. The van der Waals surface area contributed by atoms with E-state index < -0.39 is 0 Å². The zero-order chi connectivity index (χ0) is 13.7. The van der Waals surface area contributed by atoms with Crippen LogP contribution in [-0.2, 0) is 4.79 Å². The Balaban J connectivity index is 2.01. The first kappa shape index (κ1) is 13.2. The molecule has 19 heavy (non-hydrogen) atoms. The second kappa shape index (κ2) is 6.07. The van der Waals surface area contributed by atoms with Gasteiger partial charge in [-0.2, -0.15) is 0 Å². The molecule has 0 unspecified atom stereocenters. The number of nitrogens with two attached hydrogens (primary N) is 1. The quantitative estimate of drug-likeness (QED) is 0.663. The third-order valence-electron chi connectivity index (χ3n) is 2.43. The summed E-state index contributed by atoms with van der Waals surface area (Å²) in [7, 11) is 0. The normalized spacial score (nSPS) is 10.6. The molecule has 0 aromatic heterocycles. The Labute approximate surface area is 116 Å². The Morgan fingerprint density at radius 1 is 1.16 bits per heavy atom. The Kier molecular flexibility index (Phi) is 4.21. The summed E-state index contributed by atoms with van der Waals surface area (Å²) in [6.45, 7) is 0. The van der Waals surface area contributed by atoms with Gasteiger partial charge in [0.1, 0.15) is 0 Å². The molecule has 0 bridgehead atoms. The molecular weight excluding hydrogens is 260 g/mol. The Bertz CT molecular complexity index is 623. The summed E-state index contributed by atoms with van der Waals surface area (Å²) in [5, 5.41) is 3.37. The van der Waals surface area contributed by atoms with Crippen molar-refractivity contribution >= 4 is 35.0 Å². The van der Waals surface area contributed by atoms with Crippen LogP contribution < -0.4 is 11.1 Å². The molecule has 3 nitrogen and oxygen atoms in total. The Hall–Kier alpha value is -2.26. The lowest BCUT2D eigenvalue weighted by atomic mass is 10.2. The van der Waals surface area contributed by atoms with Gasteiger partial charge in [-0.3, -0.25) is 4.79 Å². The molecule has 0 saturated heterocycles. The average Bonchev–Trinajstić information content (AvgIpc) is 2.36. The SMILES string of the molecule is Nc1cccc(NC(=O)/C=C/c2cccc(Cl)c2)c1. The number of carbonyl (C=O) groups is 1.